The van der Waals surface area contributed by atoms with Crippen molar-refractivity contribution in [3.63, 3.8) is 0 Å². The van der Waals surface area contributed by atoms with Crippen LogP contribution >= 0.6 is 34.5 Å². The van der Waals surface area contributed by atoms with Gasteiger partial charge in [0.15, 0.2) is 5.76 Å². The average Bonchev–Trinajstić information content (AvgIpc) is 3.38. The van der Waals surface area contributed by atoms with Crippen molar-refractivity contribution in [2.24, 2.45) is 5.10 Å². The quantitative estimate of drug-likeness (QED) is 0.308. The standard InChI is InChI=1S/C18H11Cl2N3O2S/c19-12-6-5-11(13(20)9-12)10-21-23-18-22-16(14-3-1-7-24-14)17(26-18)15-4-2-8-25-15/h1-10H,(H,22,23)/b21-10+. The van der Waals surface area contributed by atoms with E-state index in [-0.39, 0.29) is 0 Å². The smallest absolute Gasteiger partial charge is 0.204 e. The van der Waals surface area contributed by atoms with Gasteiger partial charge in [-0.2, -0.15) is 5.10 Å². The Morgan fingerprint density at radius 1 is 1.04 bits per heavy atom. The average molecular weight is 404 g/mol. The lowest BCUT2D eigenvalue weighted by Gasteiger charge is -1.98. The third-order valence-corrected chi connectivity index (χ3v) is 4.99. The van der Waals surface area contributed by atoms with Crippen molar-refractivity contribution in [3.8, 4) is 22.1 Å². The highest BCUT2D eigenvalue weighted by Gasteiger charge is 2.18. The molecule has 5 nitrogen and oxygen atoms in total. The molecule has 0 saturated heterocycles. The van der Waals surface area contributed by atoms with Crippen LogP contribution in [0.15, 0.2) is 68.9 Å². The number of hydrazone groups is 1. The molecule has 8 heteroatoms. The lowest BCUT2D eigenvalue weighted by Crippen LogP contribution is -1.90. The number of hydrogen-bond donors (Lipinski definition) is 1. The highest BCUT2D eigenvalue weighted by atomic mass is 35.5. The number of thiazole rings is 1. The Balaban J connectivity index is 1.61. The van der Waals surface area contributed by atoms with Crippen LogP contribution < -0.4 is 5.43 Å². The van der Waals surface area contributed by atoms with Gasteiger partial charge >= 0.3 is 0 Å². The molecule has 0 saturated carbocycles. The van der Waals surface area contributed by atoms with E-state index in [1.54, 1.807) is 36.9 Å². The van der Waals surface area contributed by atoms with Gasteiger partial charge in [0.05, 0.1) is 23.8 Å². The second-order valence-electron chi connectivity index (χ2n) is 5.19. The molecule has 0 atom stereocenters. The third kappa shape index (κ3) is 3.53. The van der Waals surface area contributed by atoms with E-state index in [0.717, 1.165) is 10.4 Å². The number of rotatable bonds is 5. The monoisotopic (exact) mass is 403 g/mol. The van der Waals surface area contributed by atoms with Crippen LogP contribution in [-0.4, -0.2) is 11.2 Å². The number of halogens is 2. The van der Waals surface area contributed by atoms with Crippen LogP contribution in [0.1, 0.15) is 5.56 Å². The fourth-order valence-corrected chi connectivity index (χ4v) is 3.63. The molecule has 0 amide bonds. The van der Waals surface area contributed by atoms with Crippen molar-refractivity contribution in [1.82, 2.24) is 4.98 Å². The molecule has 0 bridgehead atoms. The Bertz CT molecular complexity index is 989. The van der Waals surface area contributed by atoms with Crippen molar-refractivity contribution in [3.05, 3.63) is 70.6 Å². The lowest BCUT2D eigenvalue weighted by atomic mass is 10.2. The predicted molar refractivity (Wildman–Crippen MR) is 105 cm³/mol. The van der Waals surface area contributed by atoms with E-state index in [9.17, 15) is 0 Å². The Kier molecular flexibility index (Phi) is 4.79. The Morgan fingerprint density at radius 2 is 1.81 bits per heavy atom. The lowest BCUT2D eigenvalue weighted by molar-refractivity contribution is 0.575. The molecular formula is C18H11Cl2N3O2S. The molecule has 0 unspecified atom stereocenters. The van der Waals surface area contributed by atoms with E-state index in [2.05, 4.69) is 15.5 Å². The fraction of sp³-hybridized carbons (Fsp3) is 0. The van der Waals surface area contributed by atoms with E-state index >= 15 is 0 Å². The molecule has 130 valence electrons. The van der Waals surface area contributed by atoms with Crippen LogP contribution in [0.3, 0.4) is 0 Å². The fourth-order valence-electron chi connectivity index (χ4n) is 2.29. The van der Waals surface area contributed by atoms with Gasteiger partial charge in [-0.3, -0.25) is 5.43 Å². The number of furan rings is 2. The molecule has 0 aliphatic heterocycles. The molecule has 26 heavy (non-hydrogen) atoms. The topological polar surface area (TPSA) is 63.6 Å². The first-order chi connectivity index (χ1) is 12.7. The van der Waals surface area contributed by atoms with Crippen molar-refractivity contribution < 1.29 is 8.83 Å². The van der Waals surface area contributed by atoms with Crippen LogP contribution in [0.4, 0.5) is 5.13 Å². The van der Waals surface area contributed by atoms with Crippen LogP contribution in [0, 0.1) is 0 Å². The number of benzene rings is 1. The minimum Gasteiger partial charge on any atom is -0.463 e. The first-order valence-corrected chi connectivity index (χ1v) is 9.10. The van der Waals surface area contributed by atoms with Crippen molar-refractivity contribution in [2.75, 3.05) is 5.43 Å². The minimum atomic E-state index is 0.523. The molecule has 0 aliphatic carbocycles. The van der Waals surface area contributed by atoms with E-state index < -0.39 is 0 Å². The minimum absolute atomic E-state index is 0.523. The van der Waals surface area contributed by atoms with E-state index in [0.29, 0.717) is 32.4 Å². The van der Waals surface area contributed by atoms with Crippen molar-refractivity contribution in [2.45, 2.75) is 0 Å². The molecule has 0 fully saturated rings. The highest BCUT2D eigenvalue weighted by molar-refractivity contribution is 7.19. The number of hydrogen-bond acceptors (Lipinski definition) is 6. The highest BCUT2D eigenvalue weighted by Crippen LogP contribution is 2.39. The summed E-state index contributed by atoms with van der Waals surface area (Å²) in [5, 5.41) is 5.90. The number of anilines is 1. The van der Waals surface area contributed by atoms with Gasteiger partial charge in [-0.25, -0.2) is 4.98 Å². The Labute approximate surface area is 162 Å². The van der Waals surface area contributed by atoms with Gasteiger partial charge in [-0.15, -0.1) is 0 Å². The zero-order valence-electron chi connectivity index (χ0n) is 13.1. The summed E-state index contributed by atoms with van der Waals surface area (Å²) < 4.78 is 11.0. The van der Waals surface area contributed by atoms with Crippen molar-refractivity contribution in [1.29, 1.82) is 0 Å². The molecule has 0 radical (unpaired) electrons. The first kappa shape index (κ1) is 16.9. The van der Waals surface area contributed by atoms with Gasteiger partial charge < -0.3 is 8.83 Å². The normalized spacial score (nSPS) is 11.3. The molecule has 3 aromatic heterocycles. The summed E-state index contributed by atoms with van der Waals surface area (Å²) in [4.78, 5) is 5.42. The van der Waals surface area contributed by atoms with Crippen LogP contribution in [0.5, 0.6) is 0 Å². The summed E-state index contributed by atoms with van der Waals surface area (Å²) in [6.45, 7) is 0. The maximum atomic E-state index is 6.13. The van der Waals surface area contributed by atoms with Crippen molar-refractivity contribution >= 4 is 45.9 Å². The second-order valence-corrected chi connectivity index (χ2v) is 7.03. The van der Waals surface area contributed by atoms with Gasteiger partial charge in [-0.05, 0) is 36.4 Å². The van der Waals surface area contributed by atoms with Gasteiger partial charge in [0.1, 0.15) is 16.3 Å². The number of nitrogens with one attached hydrogen (secondary N) is 1. The zero-order chi connectivity index (χ0) is 17.9. The number of aromatic nitrogens is 1. The Morgan fingerprint density at radius 3 is 2.50 bits per heavy atom. The maximum Gasteiger partial charge on any atom is 0.204 e. The number of nitrogens with zero attached hydrogens (tertiary/aromatic N) is 2. The summed E-state index contributed by atoms with van der Waals surface area (Å²) >= 11 is 13.4. The molecular weight excluding hydrogens is 393 g/mol. The summed E-state index contributed by atoms with van der Waals surface area (Å²) in [6, 6.07) is 12.6. The zero-order valence-corrected chi connectivity index (χ0v) is 15.5. The van der Waals surface area contributed by atoms with Gasteiger partial charge in [-0.1, -0.05) is 40.6 Å². The SMILES string of the molecule is Clc1ccc(/C=N/Nc2nc(-c3ccco3)c(-c3ccco3)s2)c(Cl)c1. The largest absolute Gasteiger partial charge is 0.463 e. The Hall–Kier alpha value is -2.54. The van der Waals surface area contributed by atoms with E-state index in [1.165, 1.54) is 11.3 Å². The molecule has 0 aliphatic rings. The molecule has 1 aromatic carbocycles. The van der Waals surface area contributed by atoms with Gasteiger partial charge in [0.2, 0.25) is 5.13 Å². The molecule has 4 rings (SSSR count). The first-order valence-electron chi connectivity index (χ1n) is 7.53. The van der Waals surface area contributed by atoms with Crippen LogP contribution in [0.2, 0.25) is 10.0 Å². The third-order valence-electron chi connectivity index (χ3n) is 3.45. The molecule has 1 N–H and O–H groups in total. The summed E-state index contributed by atoms with van der Waals surface area (Å²) in [6.07, 6.45) is 4.84. The molecule has 3 heterocycles. The summed E-state index contributed by atoms with van der Waals surface area (Å²) in [7, 11) is 0. The van der Waals surface area contributed by atoms with Gasteiger partial charge in [0, 0.05) is 10.6 Å². The van der Waals surface area contributed by atoms with Gasteiger partial charge in [0.25, 0.3) is 0 Å². The summed E-state index contributed by atoms with van der Waals surface area (Å²) in [5.41, 5.74) is 4.36. The summed E-state index contributed by atoms with van der Waals surface area (Å²) in [5.74, 6) is 1.37. The van der Waals surface area contributed by atoms with Crippen LogP contribution in [0.25, 0.3) is 22.1 Å². The molecule has 4 aromatic rings. The predicted octanol–water partition coefficient (Wildman–Crippen LogP) is 6.42. The maximum absolute atomic E-state index is 6.13. The second kappa shape index (κ2) is 7.37. The molecule has 0 spiro atoms. The van der Waals surface area contributed by atoms with E-state index in [4.69, 9.17) is 32.0 Å². The van der Waals surface area contributed by atoms with E-state index in [1.807, 2.05) is 24.3 Å². The van der Waals surface area contributed by atoms with Crippen LogP contribution in [-0.2, 0) is 0 Å².